The second kappa shape index (κ2) is 12.5. The largest absolute Gasteiger partial charge is 0.495 e. The number of benzene rings is 3. The zero-order valence-electron chi connectivity index (χ0n) is 18.8. The van der Waals surface area contributed by atoms with Crippen molar-refractivity contribution < 1.29 is 23.4 Å². The molecule has 0 fully saturated rings. The Morgan fingerprint density at radius 3 is 2.65 bits per heavy atom. The summed E-state index contributed by atoms with van der Waals surface area (Å²) in [7, 11) is 1.56. The molecule has 34 heavy (non-hydrogen) atoms. The number of carbonyl (C=O) groups excluding carboxylic acids is 1. The van der Waals surface area contributed by atoms with Gasteiger partial charge < -0.3 is 19.5 Å². The minimum absolute atomic E-state index is 0.0211. The number of methoxy groups -OCH3 is 1. The molecule has 178 valence electrons. The van der Waals surface area contributed by atoms with Crippen molar-refractivity contribution in [2.75, 3.05) is 25.6 Å². The summed E-state index contributed by atoms with van der Waals surface area (Å²) in [4.78, 5) is 12.1. The van der Waals surface area contributed by atoms with Crippen LogP contribution in [0, 0.1) is 5.82 Å². The van der Waals surface area contributed by atoms with Crippen LogP contribution in [-0.4, -0.2) is 32.4 Å². The molecule has 0 aromatic heterocycles. The van der Waals surface area contributed by atoms with Crippen molar-refractivity contribution >= 4 is 29.4 Å². The number of nitrogens with zero attached hydrogens (tertiary/aromatic N) is 1. The standard InChI is InChI=1S/C25H25ClFN3O4/c1-3-33-24-13-17(11-12-23(24)34-16-18-19(26)7-6-8-20(18)27)14-29-30-25(31)15-28-21-9-4-5-10-22(21)32-2/h4-14,28H,3,15-16H2,1-2H3,(H,30,31). The topological polar surface area (TPSA) is 81.2 Å². The maximum absolute atomic E-state index is 14.0. The lowest BCUT2D eigenvalue weighted by atomic mass is 10.2. The van der Waals surface area contributed by atoms with Crippen LogP contribution in [0.1, 0.15) is 18.1 Å². The quantitative estimate of drug-likeness (QED) is 0.294. The van der Waals surface area contributed by atoms with Gasteiger partial charge in [-0.25, -0.2) is 9.82 Å². The SMILES string of the molecule is CCOc1cc(C=NNC(=O)CNc2ccccc2OC)ccc1OCc1c(F)cccc1Cl. The Balaban J connectivity index is 1.59. The maximum atomic E-state index is 14.0. The molecule has 3 aromatic carbocycles. The van der Waals surface area contributed by atoms with Crippen molar-refractivity contribution in [1.82, 2.24) is 5.43 Å². The number of hydrazone groups is 1. The monoisotopic (exact) mass is 485 g/mol. The van der Waals surface area contributed by atoms with E-state index in [1.807, 2.05) is 25.1 Å². The lowest BCUT2D eigenvalue weighted by Gasteiger charge is -2.13. The Bertz CT molecular complexity index is 1140. The van der Waals surface area contributed by atoms with E-state index in [1.165, 1.54) is 18.3 Å². The van der Waals surface area contributed by atoms with Gasteiger partial charge in [-0.15, -0.1) is 0 Å². The number of rotatable bonds is 11. The number of anilines is 1. The number of halogens is 2. The zero-order chi connectivity index (χ0) is 24.3. The molecular weight excluding hydrogens is 461 g/mol. The van der Waals surface area contributed by atoms with E-state index >= 15 is 0 Å². The molecule has 0 unspecified atom stereocenters. The van der Waals surface area contributed by atoms with E-state index in [9.17, 15) is 9.18 Å². The predicted octanol–water partition coefficient (Wildman–Crippen LogP) is 5.03. The average Bonchev–Trinajstić information content (AvgIpc) is 2.84. The number of hydrogen-bond donors (Lipinski definition) is 2. The summed E-state index contributed by atoms with van der Waals surface area (Å²) in [6.07, 6.45) is 1.49. The third-order valence-electron chi connectivity index (χ3n) is 4.65. The van der Waals surface area contributed by atoms with E-state index in [1.54, 1.807) is 37.4 Å². The van der Waals surface area contributed by atoms with E-state index in [2.05, 4.69) is 15.8 Å². The predicted molar refractivity (Wildman–Crippen MR) is 131 cm³/mol. The van der Waals surface area contributed by atoms with E-state index in [0.29, 0.717) is 35.1 Å². The Hall–Kier alpha value is -3.78. The number of para-hydroxylation sites is 2. The molecule has 0 atom stereocenters. The fraction of sp³-hybridized carbons (Fsp3) is 0.200. The summed E-state index contributed by atoms with van der Waals surface area (Å²) >= 11 is 6.06. The normalized spacial score (nSPS) is 10.7. The number of amides is 1. The third kappa shape index (κ3) is 6.86. The van der Waals surface area contributed by atoms with Gasteiger partial charge in [-0.3, -0.25) is 4.79 Å². The second-order valence-corrected chi connectivity index (χ2v) is 7.38. The smallest absolute Gasteiger partial charge is 0.259 e. The Labute approximate surface area is 202 Å². The van der Waals surface area contributed by atoms with Crippen LogP contribution in [0.15, 0.2) is 65.8 Å². The fourth-order valence-corrected chi connectivity index (χ4v) is 3.21. The molecule has 3 aromatic rings. The first-order chi connectivity index (χ1) is 16.5. The van der Waals surface area contributed by atoms with Crippen molar-refractivity contribution in [1.29, 1.82) is 0 Å². The van der Waals surface area contributed by atoms with Crippen molar-refractivity contribution in [3.8, 4) is 17.2 Å². The van der Waals surface area contributed by atoms with Gasteiger partial charge in [-0.1, -0.05) is 29.8 Å². The summed E-state index contributed by atoms with van der Waals surface area (Å²) < 4.78 is 30.6. The van der Waals surface area contributed by atoms with Crippen LogP contribution in [0.3, 0.4) is 0 Å². The van der Waals surface area contributed by atoms with Crippen molar-refractivity contribution in [2.24, 2.45) is 5.10 Å². The first kappa shape index (κ1) is 24.9. The number of hydrogen-bond acceptors (Lipinski definition) is 6. The molecule has 0 radical (unpaired) electrons. The minimum atomic E-state index is -0.440. The van der Waals surface area contributed by atoms with Crippen LogP contribution < -0.4 is 25.0 Å². The lowest BCUT2D eigenvalue weighted by molar-refractivity contribution is -0.119. The number of ether oxygens (including phenoxy) is 3. The molecule has 0 spiro atoms. The molecule has 0 aliphatic rings. The van der Waals surface area contributed by atoms with Crippen LogP contribution in [0.25, 0.3) is 0 Å². The highest BCUT2D eigenvalue weighted by Gasteiger charge is 2.11. The fourth-order valence-electron chi connectivity index (χ4n) is 3.00. The molecule has 2 N–H and O–H groups in total. The molecule has 0 saturated heterocycles. The minimum Gasteiger partial charge on any atom is -0.495 e. The Kier molecular flexibility index (Phi) is 9.11. The van der Waals surface area contributed by atoms with E-state index in [4.69, 9.17) is 25.8 Å². The number of nitrogens with one attached hydrogen (secondary N) is 2. The molecule has 0 bridgehead atoms. The summed E-state index contributed by atoms with van der Waals surface area (Å²) in [5.74, 6) is 0.771. The molecular formula is C25H25ClFN3O4. The van der Waals surface area contributed by atoms with Gasteiger partial charge in [0.1, 0.15) is 18.2 Å². The van der Waals surface area contributed by atoms with Gasteiger partial charge in [0.15, 0.2) is 11.5 Å². The highest BCUT2D eigenvalue weighted by Crippen LogP contribution is 2.30. The van der Waals surface area contributed by atoms with Gasteiger partial charge in [0.25, 0.3) is 5.91 Å². The van der Waals surface area contributed by atoms with Crippen LogP contribution in [0.5, 0.6) is 17.2 Å². The molecule has 0 saturated carbocycles. The molecule has 0 aliphatic carbocycles. The highest BCUT2D eigenvalue weighted by molar-refractivity contribution is 6.31. The third-order valence-corrected chi connectivity index (χ3v) is 5.00. The van der Waals surface area contributed by atoms with E-state index in [-0.39, 0.29) is 29.6 Å². The van der Waals surface area contributed by atoms with Gasteiger partial charge in [0.2, 0.25) is 0 Å². The zero-order valence-corrected chi connectivity index (χ0v) is 19.6. The van der Waals surface area contributed by atoms with Crippen LogP contribution in [0.4, 0.5) is 10.1 Å². The van der Waals surface area contributed by atoms with Gasteiger partial charge in [-0.05, 0) is 55.0 Å². The van der Waals surface area contributed by atoms with Gasteiger partial charge >= 0.3 is 0 Å². The molecule has 1 amide bonds. The van der Waals surface area contributed by atoms with Gasteiger partial charge in [0, 0.05) is 5.56 Å². The van der Waals surface area contributed by atoms with Gasteiger partial charge in [-0.2, -0.15) is 5.10 Å². The van der Waals surface area contributed by atoms with Crippen LogP contribution in [0.2, 0.25) is 5.02 Å². The van der Waals surface area contributed by atoms with Gasteiger partial charge in [0.05, 0.1) is 37.2 Å². The lowest BCUT2D eigenvalue weighted by Crippen LogP contribution is -2.26. The van der Waals surface area contributed by atoms with Crippen molar-refractivity contribution in [3.63, 3.8) is 0 Å². The summed E-state index contributed by atoms with van der Waals surface area (Å²) in [6, 6.07) is 16.9. The average molecular weight is 486 g/mol. The van der Waals surface area contributed by atoms with Crippen molar-refractivity contribution in [2.45, 2.75) is 13.5 Å². The summed E-state index contributed by atoms with van der Waals surface area (Å²) in [5, 5.41) is 7.27. The molecule has 3 rings (SSSR count). The molecule has 0 heterocycles. The van der Waals surface area contributed by atoms with E-state index in [0.717, 1.165) is 0 Å². The maximum Gasteiger partial charge on any atom is 0.259 e. The molecule has 7 nitrogen and oxygen atoms in total. The molecule has 0 aliphatic heterocycles. The summed E-state index contributed by atoms with van der Waals surface area (Å²) in [5.41, 5.74) is 4.11. The van der Waals surface area contributed by atoms with Crippen LogP contribution >= 0.6 is 11.6 Å². The Morgan fingerprint density at radius 2 is 1.88 bits per heavy atom. The Morgan fingerprint density at radius 1 is 1.06 bits per heavy atom. The first-order valence-electron chi connectivity index (χ1n) is 10.5. The second-order valence-electron chi connectivity index (χ2n) is 6.98. The van der Waals surface area contributed by atoms with E-state index < -0.39 is 5.82 Å². The summed E-state index contributed by atoms with van der Waals surface area (Å²) in [6.45, 7) is 2.22. The molecule has 9 heteroatoms. The van der Waals surface area contributed by atoms with Crippen molar-refractivity contribution in [3.05, 3.63) is 82.6 Å². The highest BCUT2D eigenvalue weighted by atomic mass is 35.5. The number of carbonyl (C=O) groups is 1. The van der Waals surface area contributed by atoms with Crippen LogP contribution in [-0.2, 0) is 11.4 Å². The first-order valence-corrected chi connectivity index (χ1v) is 10.9.